The van der Waals surface area contributed by atoms with E-state index in [1.165, 1.54) is 20.0 Å². The minimum atomic E-state index is -0.231. The Labute approximate surface area is 210 Å². The first-order chi connectivity index (χ1) is 16.7. The Balaban J connectivity index is 1.17. The number of nitrogens with one attached hydrogen (secondary N) is 1. The van der Waals surface area contributed by atoms with Crippen LogP contribution in [0.15, 0.2) is 30.3 Å². The van der Waals surface area contributed by atoms with Gasteiger partial charge in [0.1, 0.15) is 5.75 Å². The molecule has 1 heterocycles. The molecule has 6 rings (SSSR count). The highest BCUT2D eigenvalue weighted by Gasteiger charge is 2.52. The van der Waals surface area contributed by atoms with Gasteiger partial charge in [-0.3, -0.25) is 9.78 Å². The number of pyridine rings is 1. The molecule has 190 valence electrons. The normalized spacial score (nSPS) is 30.9. The smallest absolute Gasteiger partial charge is 0.311 e. The van der Waals surface area contributed by atoms with Gasteiger partial charge in [0, 0.05) is 17.5 Å². The maximum Gasteiger partial charge on any atom is 0.311 e. The highest BCUT2D eigenvalue weighted by Crippen LogP contribution is 2.53. The average Bonchev–Trinajstić information content (AvgIpc) is 2.88. The molecule has 5 nitrogen and oxygen atoms in total. The van der Waals surface area contributed by atoms with Crippen LogP contribution in [0.3, 0.4) is 0 Å². The van der Waals surface area contributed by atoms with E-state index in [1.54, 1.807) is 0 Å². The molecular weight excluding hydrogens is 436 g/mol. The number of hydrogen-bond acceptors (Lipinski definition) is 5. The third-order valence-electron chi connectivity index (χ3n) is 9.43. The van der Waals surface area contributed by atoms with Crippen LogP contribution in [0.2, 0.25) is 0 Å². The summed E-state index contributed by atoms with van der Waals surface area (Å²) in [5.74, 6) is 1.75. The molecule has 2 aromatic rings. The first-order valence-corrected chi connectivity index (χ1v) is 13.6. The van der Waals surface area contributed by atoms with Crippen molar-refractivity contribution in [3.63, 3.8) is 0 Å². The molecule has 35 heavy (non-hydrogen) atoms. The van der Waals surface area contributed by atoms with E-state index >= 15 is 0 Å². The third kappa shape index (κ3) is 5.07. The molecule has 0 aliphatic heterocycles. The van der Waals surface area contributed by atoms with Crippen LogP contribution < -0.4 is 10.1 Å². The molecule has 4 aliphatic carbocycles. The molecule has 0 spiro atoms. The van der Waals surface area contributed by atoms with Crippen LogP contribution in [-0.2, 0) is 16.1 Å². The topological polar surface area (TPSA) is 60.5 Å². The zero-order valence-corrected chi connectivity index (χ0v) is 22.0. The first kappa shape index (κ1) is 24.5. The summed E-state index contributed by atoms with van der Waals surface area (Å²) >= 11 is 0. The minimum Gasteiger partial charge on any atom is -0.490 e. The number of benzene rings is 1. The van der Waals surface area contributed by atoms with Crippen molar-refractivity contribution in [1.82, 2.24) is 10.3 Å². The Morgan fingerprint density at radius 3 is 2.31 bits per heavy atom. The summed E-state index contributed by atoms with van der Waals surface area (Å²) < 4.78 is 11.5. The number of fused-ring (bicyclic) bond motifs is 4. The van der Waals surface area contributed by atoms with Crippen LogP contribution in [0, 0.1) is 16.7 Å². The summed E-state index contributed by atoms with van der Waals surface area (Å²) in [6.07, 6.45) is 11.0. The monoisotopic (exact) mass is 478 g/mol. The third-order valence-corrected chi connectivity index (χ3v) is 9.43. The molecule has 2 bridgehead atoms. The van der Waals surface area contributed by atoms with Gasteiger partial charge in [-0.25, -0.2) is 0 Å². The van der Waals surface area contributed by atoms with Gasteiger partial charge in [0.05, 0.1) is 29.8 Å². The lowest BCUT2D eigenvalue weighted by Crippen LogP contribution is -2.56. The summed E-state index contributed by atoms with van der Waals surface area (Å²) in [4.78, 5) is 17.2. The van der Waals surface area contributed by atoms with Crippen molar-refractivity contribution in [2.24, 2.45) is 16.7 Å². The van der Waals surface area contributed by atoms with Crippen molar-refractivity contribution in [2.45, 2.75) is 103 Å². The van der Waals surface area contributed by atoms with Crippen LogP contribution in [0.1, 0.15) is 90.7 Å². The van der Waals surface area contributed by atoms with E-state index in [-0.39, 0.29) is 16.9 Å². The zero-order valence-electron chi connectivity index (χ0n) is 22.0. The van der Waals surface area contributed by atoms with E-state index < -0.39 is 0 Å². The SMILES string of the molecule is COC(=O)C12CCC(NCc3ccc4cc(O[C@H]5CC[C@H](C(C)(C)C)CC5)ccc4n3)(CC1)CC2. The molecule has 4 aliphatic rings. The fourth-order valence-electron chi connectivity index (χ4n) is 6.81. The Kier molecular flexibility index (Phi) is 6.58. The number of ether oxygens (including phenoxy) is 2. The molecule has 1 N–H and O–H groups in total. The van der Waals surface area contributed by atoms with Gasteiger partial charge in [-0.2, -0.15) is 0 Å². The van der Waals surface area contributed by atoms with Crippen LogP contribution >= 0.6 is 0 Å². The maximum absolute atomic E-state index is 12.3. The number of methoxy groups -OCH3 is 1. The molecule has 0 amide bonds. The van der Waals surface area contributed by atoms with Crippen LogP contribution in [0.25, 0.3) is 10.9 Å². The standard InChI is InChI=1S/C30H42N2O3/c1-28(2,3)22-6-9-24(10-7-22)35-25-11-12-26-21(19-25)5-8-23(32-26)20-31-30-16-13-29(14-17-30,15-18-30)27(33)34-4/h5,8,11-12,19,22,24,31H,6-7,9-10,13-18,20H2,1-4H3/t22-,24-,29?,30?. The van der Waals surface area contributed by atoms with Gasteiger partial charge in [0.2, 0.25) is 0 Å². The summed E-state index contributed by atoms with van der Waals surface area (Å²) in [5, 5.41) is 4.95. The number of aromatic nitrogens is 1. The van der Waals surface area contributed by atoms with Gasteiger partial charge in [0.25, 0.3) is 0 Å². The van der Waals surface area contributed by atoms with E-state index in [9.17, 15) is 4.79 Å². The largest absolute Gasteiger partial charge is 0.490 e. The summed E-state index contributed by atoms with van der Waals surface area (Å²) in [7, 11) is 1.52. The number of hydrogen-bond donors (Lipinski definition) is 1. The molecular formula is C30H42N2O3. The fraction of sp³-hybridized carbons (Fsp3) is 0.667. The van der Waals surface area contributed by atoms with Crippen molar-refractivity contribution in [3.8, 4) is 5.75 Å². The predicted molar refractivity (Wildman–Crippen MR) is 139 cm³/mol. The second kappa shape index (κ2) is 9.38. The van der Waals surface area contributed by atoms with Gasteiger partial charge in [0.15, 0.2) is 0 Å². The molecule has 4 saturated carbocycles. The quantitative estimate of drug-likeness (QED) is 0.476. The summed E-state index contributed by atoms with van der Waals surface area (Å²) in [6.45, 7) is 7.84. The van der Waals surface area contributed by atoms with Gasteiger partial charge >= 0.3 is 5.97 Å². The van der Waals surface area contributed by atoms with Gasteiger partial charge < -0.3 is 14.8 Å². The average molecular weight is 479 g/mol. The molecule has 0 saturated heterocycles. The Morgan fingerprint density at radius 1 is 1.00 bits per heavy atom. The van der Waals surface area contributed by atoms with Crippen LogP contribution in [0.5, 0.6) is 5.75 Å². The predicted octanol–water partition coefficient (Wildman–Crippen LogP) is 6.57. The molecule has 1 aromatic carbocycles. The maximum atomic E-state index is 12.3. The van der Waals surface area contributed by atoms with E-state index in [2.05, 4.69) is 56.4 Å². The molecule has 5 heteroatoms. The van der Waals surface area contributed by atoms with Crippen LogP contribution in [-0.4, -0.2) is 29.7 Å². The van der Waals surface area contributed by atoms with E-state index in [0.717, 1.165) is 86.2 Å². The van der Waals surface area contributed by atoms with Crippen molar-refractivity contribution < 1.29 is 14.3 Å². The molecule has 0 atom stereocenters. The number of carbonyl (C=O) groups excluding carboxylic acids is 1. The van der Waals surface area contributed by atoms with E-state index in [4.69, 9.17) is 14.5 Å². The van der Waals surface area contributed by atoms with E-state index in [0.29, 0.717) is 11.5 Å². The van der Waals surface area contributed by atoms with Crippen molar-refractivity contribution >= 4 is 16.9 Å². The number of carbonyl (C=O) groups is 1. The Bertz CT molecular complexity index is 1040. The lowest BCUT2D eigenvalue weighted by molar-refractivity contribution is -0.160. The number of esters is 1. The first-order valence-electron chi connectivity index (χ1n) is 13.6. The van der Waals surface area contributed by atoms with Gasteiger partial charge in [-0.15, -0.1) is 0 Å². The molecule has 1 aromatic heterocycles. The van der Waals surface area contributed by atoms with Crippen molar-refractivity contribution in [1.29, 1.82) is 0 Å². The Morgan fingerprint density at radius 2 is 1.69 bits per heavy atom. The zero-order chi connectivity index (χ0) is 24.7. The number of nitrogens with zero attached hydrogens (tertiary/aromatic N) is 1. The number of rotatable bonds is 6. The molecule has 0 radical (unpaired) electrons. The summed E-state index contributed by atoms with van der Waals surface area (Å²) in [5.41, 5.74) is 2.38. The Hall–Kier alpha value is -2.14. The van der Waals surface area contributed by atoms with Crippen molar-refractivity contribution in [2.75, 3.05) is 7.11 Å². The second-order valence-corrected chi connectivity index (χ2v) is 12.5. The highest BCUT2D eigenvalue weighted by atomic mass is 16.5. The van der Waals surface area contributed by atoms with E-state index in [1.807, 2.05) is 0 Å². The molecule has 4 fully saturated rings. The second-order valence-electron chi connectivity index (χ2n) is 12.5. The lowest BCUT2D eigenvalue weighted by Gasteiger charge is -2.52. The van der Waals surface area contributed by atoms with Crippen molar-refractivity contribution in [3.05, 3.63) is 36.0 Å². The van der Waals surface area contributed by atoms with Gasteiger partial charge in [-0.1, -0.05) is 26.8 Å². The highest BCUT2D eigenvalue weighted by molar-refractivity contribution is 5.80. The summed E-state index contributed by atoms with van der Waals surface area (Å²) in [6, 6.07) is 10.6. The minimum absolute atomic E-state index is 0.0112. The molecule has 0 unspecified atom stereocenters. The fourth-order valence-corrected chi connectivity index (χ4v) is 6.81. The van der Waals surface area contributed by atoms with Crippen LogP contribution in [0.4, 0.5) is 0 Å². The lowest BCUT2D eigenvalue weighted by atomic mass is 9.57. The van der Waals surface area contributed by atoms with Gasteiger partial charge in [-0.05, 0) is 99.8 Å².